The number of fused-ring (bicyclic) bond motifs is 1. The van der Waals surface area contributed by atoms with Crippen LogP contribution in [0.25, 0.3) is 10.9 Å². The van der Waals surface area contributed by atoms with Crippen molar-refractivity contribution >= 4 is 32.3 Å². The van der Waals surface area contributed by atoms with Crippen LogP contribution in [-0.2, 0) is 10.0 Å². The van der Waals surface area contributed by atoms with Gasteiger partial charge >= 0.3 is 0 Å². The molecule has 118 valence electrons. The van der Waals surface area contributed by atoms with Gasteiger partial charge in [-0.25, -0.2) is 12.8 Å². The maximum absolute atomic E-state index is 13.1. The molecule has 0 atom stereocenters. The normalized spacial score (nSPS) is 11.6. The zero-order chi connectivity index (χ0) is 16.6. The van der Waals surface area contributed by atoms with Gasteiger partial charge in [-0.15, -0.1) is 0 Å². The molecule has 0 aliphatic carbocycles. The number of hydrogen-bond acceptors (Lipinski definition) is 4. The van der Waals surface area contributed by atoms with E-state index in [4.69, 9.17) is 5.73 Å². The fraction of sp³-hybridized carbons (Fsp3) is 0.0625. The summed E-state index contributed by atoms with van der Waals surface area (Å²) in [7, 11) is -3.95. The van der Waals surface area contributed by atoms with E-state index in [1.165, 1.54) is 0 Å². The van der Waals surface area contributed by atoms with Crippen LogP contribution >= 0.6 is 0 Å². The number of hydrogen-bond donors (Lipinski definition) is 2. The standard InChI is InChI=1S/C16H14FN3O2S/c1-10-5-6-11-3-2-4-14(16(11)19-10)20-23(21,22)15-8-7-12(17)9-13(15)18/h2-9,20H,18H2,1H3. The van der Waals surface area contributed by atoms with Gasteiger partial charge in [-0.05, 0) is 37.3 Å². The van der Waals surface area contributed by atoms with Crippen LogP contribution in [0.4, 0.5) is 15.8 Å². The Balaban J connectivity index is 2.09. The van der Waals surface area contributed by atoms with Crippen LogP contribution in [0.5, 0.6) is 0 Å². The average molecular weight is 331 g/mol. The van der Waals surface area contributed by atoms with Crippen LogP contribution in [0, 0.1) is 12.7 Å². The number of anilines is 2. The van der Waals surface area contributed by atoms with E-state index in [1.54, 1.807) is 12.1 Å². The molecule has 0 bridgehead atoms. The molecule has 3 rings (SSSR count). The minimum absolute atomic E-state index is 0.151. The molecule has 0 fully saturated rings. The second-order valence-corrected chi connectivity index (χ2v) is 6.77. The maximum atomic E-state index is 13.1. The van der Waals surface area contributed by atoms with Crippen molar-refractivity contribution in [2.24, 2.45) is 0 Å². The molecule has 1 heterocycles. The summed E-state index contributed by atoms with van der Waals surface area (Å²) in [5, 5.41) is 0.808. The predicted octanol–water partition coefficient (Wildman–Crippen LogP) is 3.07. The molecule has 3 N–H and O–H groups in total. The molecule has 5 nitrogen and oxygen atoms in total. The van der Waals surface area contributed by atoms with Gasteiger partial charge in [0.1, 0.15) is 10.7 Å². The summed E-state index contributed by atoms with van der Waals surface area (Å²) in [5.41, 5.74) is 7.12. The van der Waals surface area contributed by atoms with Gasteiger partial charge in [0.25, 0.3) is 10.0 Å². The lowest BCUT2D eigenvalue weighted by Crippen LogP contribution is -2.15. The van der Waals surface area contributed by atoms with Crippen molar-refractivity contribution in [3.63, 3.8) is 0 Å². The van der Waals surface area contributed by atoms with Crippen molar-refractivity contribution in [2.75, 3.05) is 10.5 Å². The Morgan fingerprint density at radius 3 is 2.65 bits per heavy atom. The first-order valence-electron chi connectivity index (χ1n) is 6.81. The summed E-state index contributed by atoms with van der Waals surface area (Å²) < 4.78 is 40.6. The second-order valence-electron chi connectivity index (χ2n) is 5.12. The summed E-state index contributed by atoms with van der Waals surface area (Å²) in [6, 6.07) is 12.1. The highest BCUT2D eigenvalue weighted by atomic mass is 32.2. The van der Waals surface area contributed by atoms with Gasteiger partial charge < -0.3 is 5.73 Å². The molecule has 0 amide bonds. The largest absolute Gasteiger partial charge is 0.398 e. The molecular formula is C16H14FN3O2S. The van der Waals surface area contributed by atoms with E-state index >= 15 is 0 Å². The van der Waals surface area contributed by atoms with Crippen molar-refractivity contribution in [2.45, 2.75) is 11.8 Å². The SMILES string of the molecule is Cc1ccc2cccc(NS(=O)(=O)c3ccc(F)cc3N)c2n1. The Labute approximate surface area is 133 Å². The van der Waals surface area contributed by atoms with Crippen molar-refractivity contribution < 1.29 is 12.8 Å². The fourth-order valence-corrected chi connectivity index (χ4v) is 3.47. The van der Waals surface area contributed by atoms with E-state index in [2.05, 4.69) is 9.71 Å². The monoisotopic (exact) mass is 331 g/mol. The third-order valence-corrected chi connectivity index (χ3v) is 4.80. The van der Waals surface area contributed by atoms with E-state index in [0.29, 0.717) is 11.2 Å². The maximum Gasteiger partial charge on any atom is 0.264 e. The number of nitrogens with zero attached hydrogens (tertiary/aromatic N) is 1. The highest BCUT2D eigenvalue weighted by Crippen LogP contribution is 2.26. The van der Waals surface area contributed by atoms with Gasteiger partial charge in [0.2, 0.25) is 0 Å². The molecular weight excluding hydrogens is 317 g/mol. The summed E-state index contributed by atoms with van der Waals surface area (Å²) in [4.78, 5) is 4.19. The van der Waals surface area contributed by atoms with Crippen LogP contribution < -0.4 is 10.5 Å². The number of aromatic nitrogens is 1. The Kier molecular flexibility index (Phi) is 3.65. The number of benzene rings is 2. The Bertz CT molecular complexity index is 1000. The highest BCUT2D eigenvalue weighted by Gasteiger charge is 2.19. The molecule has 0 saturated carbocycles. The third kappa shape index (κ3) is 2.95. The molecule has 23 heavy (non-hydrogen) atoms. The summed E-state index contributed by atoms with van der Waals surface area (Å²) in [6.45, 7) is 1.82. The van der Waals surface area contributed by atoms with Crippen LogP contribution in [-0.4, -0.2) is 13.4 Å². The van der Waals surface area contributed by atoms with Gasteiger partial charge in [-0.3, -0.25) is 9.71 Å². The zero-order valence-corrected chi connectivity index (χ0v) is 13.1. The van der Waals surface area contributed by atoms with Gasteiger partial charge in [-0.1, -0.05) is 18.2 Å². The highest BCUT2D eigenvalue weighted by molar-refractivity contribution is 7.93. The quantitative estimate of drug-likeness (QED) is 0.722. The van der Waals surface area contributed by atoms with Crippen molar-refractivity contribution in [3.05, 3.63) is 60.0 Å². The average Bonchev–Trinajstić information content (AvgIpc) is 2.47. The first-order valence-corrected chi connectivity index (χ1v) is 8.29. The summed E-state index contributed by atoms with van der Waals surface area (Å²) in [6.07, 6.45) is 0. The molecule has 0 aliphatic rings. The van der Waals surface area contributed by atoms with Crippen LogP contribution in [0.15, 0.2) is 53.4 Å². The Morgan fingerprint density at radius 2 is 1.91 bits per heavy atom. The Hall–Kier alpha value is -2.67. The number of para-hydroxylation sites is 1. The molecule has 0 saturated heterocycles. The zero-order valence-electron chi connectivity index (χ0n) is 12.2. The number of nitrogens with one attached hydrogen (secondary N) is 1. The van der Waals surface area contributed by atoms with Gasteiger partial charge in [-0.2, -0.15) is 0 Å². The van der Waals surface area contributed by atoms with E-state index in [-0.39, 0.29) is 10.6 Å². The fourth-order valence-electron chi connectivity index (χ4n) is 2.29. The topological polar surface area (TPSA) is 85.1 Å². The first kappa shape index (κ1) is 15.2. The molecule has 2 aromatic carbocycles. The molecule has 0 unspecified atom stereocenters. The Morgan fingerprint density at radius 1 is 1.13 bits per heavy atom. The summed E-state index contributed by atoms with van der Waals surface area (Å²) >= 11 is 0. The van der Waals surface area contributed by atoms with Crippen molar-refractivity contribution in [1.29, 1.82) is 0 Å². The summed E-state index contributed by atoms with van der Waals surface area (Å²) in [5.74, 6) is -0.594. The number of nitrogens with two attached hydrogens (primary N) is 1. The molecule has 3 aromatic rings. The molecule has 0 radical (unpaired) electrons. The van der Waals surface area contributed by atoms with Gasteiger partial charge in [0, 0.05) is 11.1 Å². The lowest BCUT2D eigenvalue weighted by Gasteiger charge is -2.12. The van der Waals surface area contributed by atoms with Gasteiger partial charge in [0.15, 0.2) is 0 Å². The van der Waals surface area contributed by atoms with E-state index in [0.717, 1.165) is 29.3 Å². The number of halogens is 1. The third-order valence-electron chi connectivity index (χ3n) is 3.37. The minimum Gasteiger partial charge on any atom is -0.398 e. The van der Waals surface area contributed by atoms with Crippen molar-refractivity contribution in [1.82, 2.24) is 4.98 Å². The smallest absolute Gasteiger partial charge is 0.264 e. The van der Waals surface area contributed by atoms with Crippen LogP contribution in [0.2, 0.25) is 0 Å². The van der Waals surface area contributed by atoms with E-state index < -0.39 is 15.8 Å². The molecule has 1 aromatic heterocycles. The molecule has 7 heteroatoms. The van der Waals surface area contributed by atoms with E-state index in [1.807, 2.05) is 25.1 Å². The number of sulfonamides is 1. The van der Waals surface area contributed by atoms with Gasteiger partial charge in [0.05, 0.1) is 16.9 Å². The lowest BCUT2D eigenvalue weighted by molar-refractivity contribution is 0.600. The minimum atomic E-state index is -3.95. The van der Waals surface area contributed by atoms with Crippen LogP contribution in [0.1, 0.15) is 5.69 Å². The first-order chi connectivity index (χ1) is 10.9. The lowest BCUT2D eigenvalue weighted by atomic mass is 10.2. The predicted molar refractivity (Wildman–Crippen MR) is 88.1 cm³/mol. The number of nitrogen functional groups attached to an aromatic ring is 1. The number of aryl methyl sites for hydroxylation is 1. The second kappa shape index (κ2) is 5.51. The van der Waals surface area contributed by atoms with Crippen LogP contribution in [0.3, 0.4) is 0 Å². The van der Waals surface area contributed by atoms with E-state index in [9.17, 15) is 12.8 Å². The number of pyridine rings is 1. The van der Waals surface area contributed by atoms with Crippen molar-refractivity contribution in [3.8, 4) is 0 Å². The molecule has 0 spiro atoms. The molecule has 0 aliphatic heterocycles. The number of rotatable bonds is 3.